The summed E-state index contributed by atoms with van der Waals surface area (Å²) in [6.07, 6.45) is 4.27. The molecule has 2 atom stereocenters. The first-order valence-corrected chi connectivity index (χ1v) is 15.7. The van der Waals surface area contributed by atoms with Gasteiger partial charge in [-0.05, 0) is 61.3 Å². The van der Waals surface area contributed by atoms with Crippen LogP contribution >= 0.6 is 0 Å². The normalized spacial score (nSPS) is 20.0. The molecule has 0 spiro atoms. The van der Waals surface area contributed by atoms with E-state index < -0.39 is 20.0 Å². The Balaban J connectivity index is 1.49. The number of nitrogens with zero attached hydrogens (tertiary/aromatic N) is 2. The maximum Gasteiger partial charge on any atom is 0.243 e. The SMILES string of the molecule is C=CS(=O)(=O)NCC1CCN(S(=O)(=O)c2ccc(C(Cc3ccccc3)C(=O)N3CCCCC3)cc2)C1. The van der Waals surface area contributed by atoms with E-state index >= 15 is 0 Å². The van der Waals surface area contributed by atoms with E-state index in [1.165, 1.54) is 4.31 Å². The van der Waals surface area contributed by atoms with Crippen molar-refractivity contribution in [3.8, 4) is 0 Å². The highest BCUT2D eigenvalue weighted by atomic mass is 32.2. The van der Waals surface area contributed by atoms with Gasteiger partial charge in [0.15, 0.2) is 0 Å². The smallest absolute Gasteiger partial charge is 0.243 e. The Labute approximate surface area is 220 Å². The standard InChI is InChI=1S/C27H35N3O5S2/c1-2-36(32,33)28-20-23-15-18-30(21-23)37(34,35)25-13-11-24(12-14-25)26(19-22-9-5-3-6-10-22)27(31)29-16-7-4-8-17-29/h2-3,5-6,9-14,23,26,28H,1,4,7-8,15-21H2. The molecule has 0 aromatic heterocycles. The molecule has 2 unspecified atom stereocenters. The lowest BCUT2D eigenvalue weighted by atomic mass is 9.90. The number of carbonyl (C=O) groups excluding carboxylic acids is 1. The van der Waals surface area contributed by atoms with E-state index in [0.29, 0.717) is 19.4 Å². The molecular formula is C27H35N3O5S2. The molecule has 0 bridgehead atoms. The van der Waals surface area contributed by atoms with Crippen molar-refractivity contribution in [3.05, 3.63) is 77.7 Å². The summed E-state index contributed by atoms with van der Waals surface area (Å²) in [6, 6.07) is 16.6. The Kier molecular flexibility index (Phi) is 8.84. The van der Waals surface area contributed by atoms with Gasteiger partial charge in [-0.1, -0.05) is 49.0 Å². The van der Waals surface area contributed by atoms with Crippen molar-refractivity contribution in [1.82, 2.24) is 13.9 Å². The third kappa shape index (κ3) is 6.87. The first-order chi connectivity index (χ1) is 17.7. The summed E-state index contributed by atoms with van der Waals surface area (Å²) < 4.78 is 53.6. The number of hydrogen-bond acceptors (Lipinski definition) is 5. The van der Waals surface area contributed by atoms with Crippen LogP contribution in [-0.4, -0.2) is 64.7 Å². The fourth-order valence-corrected chi connectivity index (χ4v) is 7.15. The van der Waals surface area contributed by atoms with Gasteiger partial charge in [-0.15, -0.1) is 0 Å². The number of hydrogen-bond donors (Lipinski definition) is 1. The molecule has 2 fully saturated rings. The topological polar surface area (TPSA) is 104 Å². The summed E-state index contributed by atoms with van der Waals surface area (Å²) in [4.78, 5) is 15.6. The van der Waals surface area contributed by atoms with Crippen LogP contribution in [0.1, 0.15) is 42.7 Å². The molecule has 2 aromatic rings. The van der Waals surface area contributed by atoms with Crippen molar-refractivity contribution in [2.24, 2.45) is 5.92 Å². The van der Waals surface area contributed by atoms with Gasteiger partial charge in [0.2, 0.25) is 26.0 Å². The van der Waals surface area contributed by atoms with E-state index in [-0.39, 0.29) is 35.7 Å². The third-order valence-electron chi connectivity index (χ3n) is 7.21. The van der Waals surface area contributed by atoms with Gasteiger partial charge in [0.25, 0.3) is 0 Å². The monoisotopic (exact) mass is 545 g/mol. The molecule has 2 saturated heterocycles. The molecule has 2 aliphatic rings. The van der Waals surface area contributed by atoms with Gasteiger partial charge in [-0.3, -0.25) is 4.79 Å². The van der Waals surface area contributed by atoms with E-state index in [4.69, 9.17) is 0 Å². The Morgan fingerprint density at radius 1 is 0.973 bits per heavy atom. The molecule has 0 radical (unpaired) electrons. The van der Waals surface area contributed by atoms with Gasteiger partial charge in [-0.25, -0.2) is 21.6 Å². The number of nitrogens with one attached hydrogen (secondary N) is 1. The fraction of sp³-hybridized carbons (Fsp3) is 0.444. The zero-order valence-corrected chi connectivity index (χ0v) is 22.6. The van der Waals surface area contributed by atoms with E-state index in [9.17, 15) is 21.6 Å². The third-order valence-corrected chi connectivity index (χ3v) is 10.1. The van der Waals surface area contributed by atoms with Crippen molar-refractivity contribution < 1.29 is 21.6 Å². The zero-order valence-electron chi connectivity index (χ0n) is 21.0. The highest BCUT2D eigenvalue weighted by Crippen LogP contribution is 2.29. The van der Waals surface area contributed by atoms with Gasteiger partial charge in [0.1, 0.15) is 0 Å². The molecule has 2 heterocycles. The Hall–Kier alpha value is -2.53. The Morgan fingerprint density at radius 2 is 1.65 bits per heavy atom. The lowest BCUT2D eigenvalue weighted by molar-refractivity contribution is -0.133. The minimum atomic E-state index is -3.73. The second-order valence-corrected chi connectivity index (χ2v) is 13.4. The second kappa shape index (κ2) is 11.9. The van der Waals surface area contributed by atoms with Crippen LogP contribution in [0.2, 0.25) is 0 Å². The van der Waals surface area contributed by atoms with Crippen LogP contribution in [0.25, 0.3) is 0 Å². The zero-order chi connectivity index (χ0) is 26.5. The summed E-state index contributed by atoms with van der Waals surface area (Å²) in [5.41, 5.74) is 1.86. The van der Waals surface area contributed by atoms with E-state index in [2.05, 4.69) is 11.3 Å². The number of rotatable bonds is 10. The average molecular weight is 546 g/mol. The lowest BCUT2D eigenvalue weighted by Gasteiger charge is -2.31. The number of piperidine rings is 1. The molecule has 4 rings (SSSR count). The minimum absolute atomic E-state index is 0.0866. The van der Waals surface area contributed by atoms with E-state index in [1.807, 2.05) is 35.2 Å². The Morgan fingerprint density at radius 3 is 2.30 bits per heavy atom. The van der Waals surface area contributed by atoms with Crippen LogP contribution in [0.15, 0.2) is 71.5 Å². The molecule has 1 amide bonds. The molecular weight excluding hydrogens is 510 g/mol. The number of sulfonamides is 2. The van der Waals surface area contributed by atoms with Gasteiger partial charge < -0.3 is 4.90 Å². The largest absolute Gasteiger partial charge is 0.342 e. The molecule has 8 nitrogen and oxygen atoms in total. The first kappa shape index (κ1) is 27.5. The van der Waals surface area contributed by atoms with Crippen LogP contribution in [0.3, 0.4) is 0 Å². The van der Waals surface area contributed by atoms with Gasteiger partial charge in [-0.2, -0.15) is 4.31 Å². The molecule has 2 aromatic carbocycles. The van der Waals surface area contributed by atoms with Crippen molar-refractivity contribution in [3.63, 3.8) is 0 Å². The lowest BCUT2D eigenvalue weighted by Crippen LogP contribution is -2.39. The van der Waals surface area contributed by atoms with Crippen LogP contribution in [0, 0.1) is 5.92 Å². The highest BCUT2D eigenvalue weighted by Gasteiger charge is 2.33. The van der Waals surface area contributed by atoms with Gasteiger partial charge in [0.05, 0.1) is 10.8 Å². The van der Waals surface area contributed by atoms with Crippen LogP contribution < -0.4 is 4.72 Å². The number of carbonyl (C=O) groups is 1. The molecule has 37 heavy (non-hydrogen) atoms. The molecule has 1 N–H and O–H groups in total. The number of amides is 1. The molecule has 200 valence electrons. The highest BCUT2D eigenvalue weighted by molar-refractivity contribution is 7.92. The summed E-state index contributed by atoms with van der Waals surface area (Å²) >= 11 is 0. The molecule has 10 heteroatoms. The number of likely N-dealkylation sites (tertiary alicyclic amines) is 1. The van der Waals surface area contributed by atoms with Crippen LogP contribution in [-0.2, 0) is 31.3 Å². The fourth-order valence-electron chi connectivity index (χ4n) is 5.03. The number of benzene rings is 2. The summed E-state index contributed by atoms with van der Waals surface area (Å²) in [5.74, 6) is -0.406. The van der Waals surface area contributed by atoms with E-state index in [0.717, 1.165) is 48.9 Å². The van der Waals surface area contributed by atoms with Crippen molar-refractivity contribution in [2.45, 2.75) is 42.9 Å². The molecule has 0 aliphatic carbocycles. The maximum absolute atomic E-state index is 13.5. The van der Waals surface area contributed by atoms with E-state index in [1.54, 1.807) is 24.3 Å². The summed E-state index contributed by atoms with van der Waals surface area (Å²) in [5, 5.41) is 0.846. The predicted octanol–water partition coefficient (Wildman–Crippen LogP) is 3.10. The minimum Gasteiger partial charge on any atom is -0.342 e. The van der Waals surface area contributed by atoms with Crippen molar-refractivity contribution >= 4 is 26.0 Å². The second-order valence-electron chi connectivity index (χ2n) is 9.78. The average Bonchev–Trinajstić information content (AvgIpc) is 3.42. The quantitative estimate of drug-likeness (QED) is 0.494. The Bertz CT molecular complexity index is 1290. The maximum atomic E-state index is 13.5. The molecule has 2 aliphatic heterocycles. The first-order valence-electron chi connectivity index (χ1n) is 12.7. The van der Waals surface area contributed by atoms with Crippen molar-refractivity contribution in [2.75, 3.05) is 32.7 Å². The van der Waals surface area contributed by atoms with Gasteiger partial charge in [0, 0.05) is 38.1 Å². The van der Waals surface area contributed by atoms with Crippen molar-refractivity contribution in [1.29, 1.82) is 0 Å². The molecule has 0 saturated carbocycles. The van der Waals surface area contributed by atoms with Gasteiger partial charge >= 0.3 is 0 Å². The van der Waals surface area contributed by atoms with Crippen LogP contribution in [0.5, 0.6) is 0 Å². The van der Waals surface area contributed by atoms with Crippen LogP contribution in [0.4, 0.5) is 0 Å². The summed E-state index contributed by atoms with van der Waals surface area (Å²) in [6.45, 7) is 5.53. The summed E-state index contributed by atoms with van der Waals surface area (Å²) in [7, 11) is -7.28. The predicted molar refractivity (Wildman–Crippen MR) is 144 cm³/mol.